The fourth-order valence-electron chi connectivity index (χ4n) is 4.76. The molecule has 2 aliphatic rings. The van der Waals surface area contributed by atoms with Crippen LogP contribution in [0.5, 0.6) is 5.75 Å². The van der Waals surface area contributed by atoms with Gasteiger partial charge in [0.1, 0.15) is 11.5 Å². The van der Waals surface area contributed by atoms with Gasteiger partial charge in [-0.25, -0.2) is 0 Å². The van der Waals surface area contributed by atoms with Crippen molar-refractivity contribution in [1.82, 2.24) is 4.90 Å². The number of ether oxygens (including phenoxy) is 1. The van der Waals surface area contributed by atoms with Gasteiger partial charge < -0.3 is 14.7 Å². The lowest BCUT2D eigenvalue weighted by Gasteiger charge is -2.30. The van der Waals surface area contributed by atoms with Crippen LogP contribution in [0.3, 0.4) is 0 Å². The minimum absolute atomic E-state index is 0.0141. The van der Waals surface area contributed by atoms with E-state index in [1.54, 1.807) is 4.90 Å². The summed E-state index contributed by atoms with van der Waals surface area (Å²) in [7, 11) is 0. The highest BCUT2D eigenvalue weighted by Crippen LogP contribution is 2.43. The van der Waals surface area contributed by atoms with Gasteiger partial charge in [-0.05, 0) is 48.9 Å². The fourth-order valence-corrected chi connectivity index (χ4v) is 4.76. The number of nitrogens with zero attached hydrogens (tertiary/aromatic N) is 1. The van der Waals surface area contributed by atoms with Gasteiger partial charge in [0.15, 0.2) is 0 Å². The van der Waals surface area contributed by atoms with Crippen LogP contribution in [-0.2, 0) is 16.0 Å². The molecule has 5 nitrogen and oxygen atoms in total. The molecule has 32 heavy (non-hydrogen) atoms. The van der Waals surface area contributed by atoms with Crippen LogP contribution < -0.4 is 4.74 Å². The van der Waals surface area contributed by atoms with E-state index in [2.05, 4.69) is 13.8 Å². The van der Waals surface area contributed by atoms with Gasteiger partial charge in [-0.3, -0.25) is 9.59 Å². The zero-order valence-corrected chi connectivity index (χ0v) is 18.8. The Kier molecular flexibility index (Phi) is 6.63. The summed E-state index contributed by atoms with van der Waals surface area (Å²) >= 11 is 0. The Hall–Kier alpha value is -3.08. The second kappa shape index (κ2) is 9.60. The Bertz CT molecular complexity index is 1000. The first-order valence-electron chi connectivity index (χ1n) is 11.7. The van der Waals surface area contributed by atoms with Crippen molar-refractivity contribution < 1.29 is 19.4 Å². The standard InChI is InChI=1S/C27H31NO4/c1-3-17-32-22-15-13-19(14-16-22)24-23(25(29)20-11-9-18(4-2)10-12-20)26(30)27(31)28(24)21-7-5-6-8-21/h9-16,21,24,29H,3-8,17H2,1-2H3/b25-23-. The number of amides is 1. The van der Waals surface area contributed by atoms with Gasteiger partial charge in [-0.1, -0.05) is 63.1 Å². The number of benzene rings is 2. The van der Waals surface area contributed by atoms with E-state index < -0.39 is 17.7 Å². The van der Waals surface area contributed by atoms with Crippen molar-refractivity contribution in [3.8, 4) is 5.75 Å². The molecule has 1 aliphatic heterocycles. The number of Topliss-reactive ketones (excluding diaryl/α,β-unsaturated/α-hetero) is 1. The second-order valence-electron chi connectivity index (χ2n) is 8.61. The Morgan fingerprint density at radius 2 is 1.66 bits per heavy atom. The van der Waals surface area contributed by atoms with Crippen molar-refractivity contribution in [3.05, 3.63) is 70.8 Å². The lowest BCUT2D eigenvalue weighted by molar-refractivity contribution is -0.141. The van der Waals surface area contributed by atoms with Gasteiger partial charge in [0.2, 0.25) is 0 Å². The highest BCUT2D eigenvalue weighted by molar-refractivity contribution is 6.46. The molecule has 168 valence electrons. The first-order chi connectivity index (χ1) is 15.5. The summed E-state index contributed by atoms with van der Waals surface area (Å²) in [5, 5.41) is 11.2. The van der Waals surface area contributed by atoms with E-state index in [1.165, 1.54) is 0 Å². The number of hydrogen-bond donors (Lipinski definition) is 1. The molecule has 1 unspecified atom stereocenters. The zero-order chi connectivity index (χ0) is 22.7. The van der Waals surface area contributed by atoms with Gasteiger partial charge in [-0.2, -0.15) is 0 Å². The van der Waals surface area contributed by atoms with Crippen LogP contribution in [-0.4, -0.2) is 34.3 Å². The summed E-state index contributed by atoms with van der Waals surface area (Å²) in [5.74, 6) is -0.475. The predicted molar refractivity (Wildman–Crippen MR) is 124 cm³/mol. The smallest absolute Gasteiger partial charge is 0.295 e. The van der Waals surface area contributed by atoms with Crippen molar-refractivity contribution >= 4 is 17.4 Å². The van der Waals surface area contributed by atoms with Crippen LogP contribution in [0.2, 0.25) is 0 Å². The van der Waals surface area contributed by atoms with Crippen molar-refractivity contribution in [2.75, 3.05) is 6.61 Å². The third-order valence-corrected chi connectivity index (χ3v) is 6.50. The number of aliphatic hydroxyl groups is 1. The largest absolute Gasteiger partial charge is 0.507 e. The highest BCUT2D eigenvalue weighted by atomic mass is 16.5. The van der Waals surface area contributed by atoms with Crippen LogP contribution in [0.25, 0.3) is 5.76 Å². The van der Waals surface area contributed by atoms with Gasteiger partial charge >= 0.3 is 0 Å². The minimum Gasteiger partial charge on any atom is -0.507 e. The molecule has 0 bridgehead atoms. The van der Waals surface area contributed by atoms with E-state index in [4.69, 9.17) is 4.74 Å². The zero-order valence-electron chi connectivity index (χ0n) is 18.8. The van der Waals surface area contributed by atoms with Crippen LogP contribution in [0.15, 0.2) is 54.1 Å². The van der Waals surface area contributed by atoms with Gasteiger partial charge in [0, 0.05) is 11.6 Å². The molecule has 0 spiro atoms. The quantitative estimate of drug-likeness (QED) is 0.361. The molecule has 1 saturated heterocycles. The molecule has 4 rings (SSSR count). The molecule has 2 aromatic rings. The number of rotatable bonds is 7. The molecule has 2 fully saturated rings. The molecule has 1 saturated carbocycles. The number of ketones is 1. The van der Waals surface area contributed by atoms with Crippen molar-refractivity contribution in [3.63, 3.8) is 0 Å². The van der Waals surface area contributed by atoms with Crippen LogP contribution in [0, 0.1) is 0 Å². The predicted octanol–water partition coefficient (Wildman–Crippen LogP) is 5.40. The number of carbonyl (C=O) groups is 2. The second-order valence-corrected chi connectivity index (χ2v) is 8.61. The SMILES string of the molecule is CCCOc1ccc(C2/C(=C(/O)c3ccc(CC)cc3)C(=O)C(=O)N2C2CCCC2)cc1. The molecule has 1 atom stereocenters. The number of aliphatic hydroxyl groups excluding tert-OH is 1. The molecule has 5 heteroatoms. The maximum Gasteiger partial charge on any atom is 0.295 e. The summed E-state index contributed by atoms with van der Waals surface area (Å²) in [5.41, 5.74) is 2.69. The van der Waals surface area contributed by atoms with E-state index in [0.717, 1.165) is 55.4 Å². The number of aryl methyl sites for hydroxylation is 1. The number of carbonyl (C=O) groups excluding carboxylic acids is 2. The Morgan fingerprint density at radius 3 is 2.25 bits per heavy atom. The lowest BCUT2D eigenvalue weighted by atomic mass is 9.94. The van der Waals surface area contributed by atoms with E-state index in [1.807, 2.05) is 48.5 Å². The normalized spacial score (nSPS) is 20.8. The molecule has 0 aromatic heterocycles. The Morgan fingerprint density at radius 1 is 1.00 bits per heavy atom. The van der Waals surface area contributed by atoms with Gasteiger partial charge in [0.25, 0.3) is 11.7 Å². The molecule has 1 heterocycles. The summed E-state index contributed by atoms with van der Waals surface area (Å²) < 4.78 is 5.70. The first kappa shape index (κ1) is 22.1. The van der Waals surface area contributed by atoms with E-state index in [9.17, 15) is 14.7 Å². The summed E-state index contributed by atoms with van der Waals surface area (Å²) in [6.07, 6.45) is 5.66. The molecule has 1 amide bonds. The summed E-state index contributed by atoms with van der Waals surface area (Å²) in [6.45, 7) is 4.75. The van der Waals surface area contributed by atoms with Gasteiger partial charge in [0.05, 0.1) is 18.2 Å². The highest BCUT2D eigenvalue weighted by Gasteiger charge is 2.49. The van der Waals surface area contributed by atoms with Gasteiger partial charge in [-0.15, -0.1) is 0 Å². The van der Waals surface area contributed by atoms with E-state index >= 15 is 0 Å². The third-order valence-electron chi connectivity index (χ3n) is 6.50. The van der Waals surface area contributed by atoms with Crippen LogP contribution in [0.1, 0.15) is 68.7 Å². The van der Waals surface area contributed by atoms with Crippen molar-refractivity contribution in [1.29, 1.82) is 0 Å². The maximum atomic E-state index is 13.2. The molecule has 1 N–H and O–H groups in total. The van der Waals surface area contributed by atoms with Crippen molar-refractivity contribution in [2.45, 2.75) is 64.5 Å². The van der Waals surface area contributed by atoms with Crippen molar-refractivity contribution in [2.24, 2.45) is 0 Å². The fraction of sp³-hybridized carbons (Fsp3) is 0.407. The average Bonchev–Trinajstić information content (AvgIpc) is 3.44. The number of hydrogen-bond acceptors (Lipinski definition) is 4. The van der Waals surface area contributed by atoms with E-state index in [0.29, 0.717) is 12.2 Å². The molecular weight excluding hydrogens is 402 g/mol. The summed E-state index contributed by atoms with van der Waals surface area (Å²) in [4.78, 5) is 28.0. The average molecular weight is 434 g/mol. The number of likely N-dealkylation sites (tertiary alicyclic amines) is 1. The Labute approximate surface area is 189 Å². The van der Waals surface area contributed by atoms with Crippen LogP contribution >= 0.6 is 0 Å². The topological polar surface area (TPSA) is 66.8 Å². The van der Waals surface area contributed by atoms with E-state index in [-0.39, 0.29) is 17.4 Å². The lowest BCUT2D eigenvalue weighted by Crippen LogP contribution is -2.37. The maximum absolute atomic E-state index is 13.2. The molecule has 0 radical (unpaired) electrons. The molecule has 2 aromatic carbocycles. The Balaban J connectivity index is 1.78. The molecule has 1 aliphatic carbocycles. The third kappa shape index (κ3) is 4.16. The van der Waals surface area contributed by atoms with Crippen LogP contribution in [0.4, 0.5) is 0 Å². The summed E-state index contributed by atoms with van der Waals surface area (Å²) in [6, 6.07) is 14.5. The molecular formula is C27H31NO4. The monoisotopic (exact) mass is 433 g/mol. The minimum atomic E-state index is -0.606. The first-order valence-corrected chi connectivity index (χ1v) is 11.7.